The van der Waals surface area contributed by atoms with Gasteiger partial charge in [-0.05, 0) is 54.8 Å². The van der Waals surface area contributed by atoms with Crippen molar-refractivity contribution in [3.05, 3.63) is 92.7 Å². The SMILES string of the molecule is NCCC[C@H](NC(=O)c1ccc(C(c2cccc(C(F)(F)F)c2)c2cccc(C(F)(F)F)c2)s1)C(=O)O.O=C(O)C(F)(F)F. The van der Waals surface area contributed by atoms with Crippen LogP contribution in [0.3, 0.4) is 0 Å². The second kappa shape index (κ2) is 14.6. The van der Waals surface area contributed by atoms with Crippen LogP contribution in [-0.4, -0.2) is 46.8 Å². The summed E-state index contributed by atoms with van der Waals surface area (Å²) in [5.74, 6) is -5.80. The third-order valence-corrected chi connectivity index (χ3v) is 6.92. The number of hydrogen-bond donors (Lipinski definition) is 4. The van der Waals surface area contributed by atoms with Crippen LogP contribution in [0.15, 0.2) is 60.7 Å². The molecule has 1 atom stereocenters. The maximum atomic E-state index is 13.4. The van der Waals surface area contributed by atoms with E-state index >= 15 is 0 Å². The number of carbonyl (C=O) groups is 3. The standard InChI is InChI=1S/C25H22F6N2O3S.C2HF3O2/c26-24(27,28)16-6-1-4-14(12-16)21(15-5-2-7-17(13-15)25(29,30)31)19-9-10-20(37-19)22(34)33-18(23(35)36)8-3-11-32;3-2(4,5)1(6)7/h1-2,4-7,9-10,12-13,18,21H,3,8,11,32H2,(H,33,34)(H,35,36);(H,6,7)/t18-;/m0./s1. The second-order valence-corrected chi connectivity index (χ2v) is 10.1. The predicted molar refractivity (Wildman–Crippen MR) is 139 cm³/mol. The summed E-state index contributed by atoms with van der Waals surface area (Å²) in [5.41, 5.74) is 3.61. The van der Waals surface area contributed by atoms with Gasteiger partial charge in [-0.15, -0.1) is 11.3 Å². The molecular formula is C27H23F9N2O5S. The van der Waals surface area contributed by atoms with Crippen LogP contribution in [0.2, 0.25) is 0 Å². The van der Waals surface area contributed by atoms with E-state index in [1.165, 1.54) is 24.3 Å². The van der Waals surface area contributed by atoms with E-state index in [0.29, 0.717) is 11.3 Å². The number of benzene rings is 2. The minimum absolute atomic E-state index is 0.0537. The quantitative estimate of drug-likeness (QED) is 0.194. The molecule has 0 spiro atoms. The Morgan fingerprint density at radius 2 is 1.27 bits per heavy atom. The molecule has 7 nitrogen and oxygen atoms in total. The largest absolute Gasteiger partial charge is 0.490 e. The lowest BCUT2D eigenvalue weighted by Crippen LogP contribution is -2.40. The molecule has 1 heterocycles. The van der Waals surface area contributed by atoms with E-state index in [2.05, 4.69) is 5.32 Å². The molecule has 0 fully saturated rings. The van der Waals surface area contributed by atoms with E-state index in [-0.39, 0.29) is 29.0 Å². The summed E-state index contributed by atoms with van der Waals surface area (Å²) < 4.78 is 112. The molecule has 5 N–H and O–H groups in total. The minimum atomic E-state index is -5.08. The number of hydrogen-bond acceptors (Lipinski definition) is 5. The molecule has 0 aliphatic carbocycles. The first kappa shape index (κ1) is 36.1. The van der Waals surface area contributed by atoms with Crippen molar-refractivity contribution >= 4 is 29.2 Å². The highest BCUT2D eigenvalue weighted by molar-refractivity contribution is 7.14. The molecule has 0 saturated heterocycles. The maximum Gasteiger partial charge on any atom is 0.490 e. The molecule has 3 aromatic rings. The zero-order chi connectivity index (χ0) is 33.5. The Kier molecular flexibility index (Phi) is 11.9. The number of aliphatic carboxylic acids is 2. The Morgan fingerprint density at radius 1 is 0.795 bits per heavy atom. The topological polar surface area (TPSA) is 130 Å². The molecule has 0 unspecified atom stereocenters. The lowest BCUT2D eigenvalue weighted by molar-refractivity contribution is -0.192. The Morgan fingerprint density at radius 3 is 1.66 bits per heavy atom. The monoisotopic (exact) mass is 658 g/mol. The third kappa shape index (κ3) is 10.3. The number of alkyl halides is 9. The van der Waals surface area contributed by atoms with Gasteiger partial charge in [0.05, 0.1) is 16.0 Å². The fourth-order valence-electron chi connectivity index (χ4n) is 3.75. The molecule has 2 aromatic carbocycles. The van der Waals surface area contributed by atoms with Gasteiger partial charge in [-0.25, -0.2) is 9.59 Å². The molecule has 240 valence electrons. The van der Waals surface area contributed by atoms with Crippen LogP contribution in [-0.2, 0) is 21.9 Å². The van der Waals surface area contributed by atoms with Crippen molar-refractivity contribution in [2.75, 3.05) is 6.54 Å². The van der Waals surface area contributed by atoms with Crippen LogP contribution in [0.5, 0.6) is 0 Å². The zero-order valence-corrected chi connectivity index (χ0v) is 22.9. The van der Waals surface area contributed by atoms with Gasteiger partial charge in [-0.2, -0.15) is 39.5 Å². The Labute approximate surface area is 247 Å². The van der Waals surface area contributed by atoms with E-state index < -0.39 is 59.5 Å². The van der Waals surface area contributed by atoms with Gasteiger partial charge in [-0.1, -0.05) is 36.4 Å². The van der Waals surface area contributed by atoms with Crippen molar-refractivity contribution in [3.63, 3.8) is 0 Å². The third-order valence-electron chi connectivity index (χ3n) is 5.77. The molecule has 1 amide bonds. The lowest BCUT2D eigenvalue weighted by Gasteiger charge is -2.20. The van der Waals surface area contributed by atoms with Gasteiger partial charge in [0, 0.05) is 10.8 Å². The van der Waals surface area contributed by atoms with Gasteiger partial charge in [0.15, 0.2) is 0 Å². The van der Waals surface area contributed by atoms with E-state index in [4.69, 9.17) is 15.6 Å². The molecule has 44 heavy (non-hydrogen) atoms. The number of nitrogens with one attached hydrogen (secondary N) is 1. The number of halogens is 9. The molecule has 3 rings (SSSR count). The average Bonchev–Trinajstić information content (AvgIpc) is 3.40. The minimum Gasteiger partial charge on any atom is -0.480 e. The molecule has 1 aromatic heterocycles. The van der Waals surface area contributed by atoms with Crippen LogP contribution in [0, 0.1) is 0 Å². The van der Waals surface area contributed by atoms with E-state index in [0.717, 1.165) is 47.7 Å². The van der Waals surface area contributed by atoms with Crippen LogP contribution >= 0.6 is 11.3 Å². The number of nitrogens with two attached hydrogens (primary N) is 1. The van der Waals surface area contributed by atoms with Gasteiger partial charge in [-0.3, -0.25) is 4.79 Å². The highest BCUT2D eigenvalue weighted by Gasteiger charge is 2.38. The Balaban J connectivity index is 0.000000860. The zero-order valence-electron chi connectivity index (χ0n) is 22.1. The molecule has 0 aliphatic heterocycles. The van der Waals surface area contributed by atoms with Gasteiger partial charge in [0.25, 0.3) is 5.91 Å². The number of carboxylic acid groups (broad SMARTS) is 2. The van der Waals surface area contributed by atoms with Crippen molar-refractivity contribution < 1.29 is 64.1 Å². The van der Waals surface area contributed by atoms with Crippen molar-refractivity contribution in [2.24, 2.45) is 5.73 Å². The molecule has 17 heteroatoms. The maximum absolute atomic E-state index is 13.4. The number of carboxylic acids is 2. The summed E-state index contributed by atoms with van der Waals surface area (Å²) in [6.45, 7) is 0.221. The van der Waals surface area contributed by atoms with Crippen LogP contribution in [0.4, 0.5) is 39.5 Å². The summed E-state index contributed by atoms with van der Waals surface area (Å²) in [4.78, 5) is 33.4. The highest BCUT2D eigenvalue weighted by Crippen LogP contribution is 2.40. The molecular weight excluding hydrogens is 635 g/mol. The molecule has 0 aliphatic rings. The van der Waals surface area contributed by atoms with Crippen LogP contribution in [0.1, 0.15) is 55.6 Å². The van der Waals surface area contributed by atoms with E-state index in [1.54, 1.807) is 0 Å². The lowest BCUT2D eigenvalue weighted by atomic mass is 9.88. The van der Waals surface area contributed by atoms with Crippen molar-refractivity contribution in [1.29, 1.82) is 0 Å². The summed E-state index contributed by atoms with van der Waals surface area (Å²) in [7, 11) is 0. The summed E-state index contributed by atoms with van der Waals surface area (Å²) in [6, 6.07) is 10.1. The van der Waals surface area contributed by atoms with Crippen LogP contribution < -0.4 is 11.1 Å². The molecule has 0 bridgehead atoms. The second-order valence-electron chi connectivity index (χ2n) is 8.98. The van der Waals surface area contributed by atoms with Gasteiger partial charge in [0.2, 0.25) is 0 Å². The summed E-state index contributed by atoms with van der Waals surface area (Å²) >= 11 is 0.851. The first-order chi connectivity index (χ1) is 20.3. The highest BCUT2D eigenvalue weighted by atomic mass is 32.1. The van der Waals surface area contributed by atoms with E-state index in [1.807, 2.05) is 0 Å². The molecule has 0 saturated carbocycles. The fraction of sp³-hybridized carbons (Fsp3) is 0.296. The van der Waals surface area contributed by atoms with Crippen molar-refractivity contribution in [3.8, 4) is 0 Å². The van der Waals surface area contributed by atoms with Gasteiger partial charge < -0.3 is 21.3 Å². The number of thiophene rings is 1. The average molecular weight is 659 g/mol. The van der Waals surface area contributed by atoms with Gasteiger partial charge in [0.1, 0.15) is 6.04 Å². The smallest absolute Gasteiger partial charge is 0.480 e. The summed E-state index contributed by atoms with van der Waals surface area (Å²) in [6.07, 6.45) is -14.0. The first-order valence-corrected chi connectivity index (χ1v) is 13.0. The number of rotatable bonds is 9. The Hall–Kier alpha value is -4.12. The first-order valence-electron chi connectivity index (χ1n) is 12.2. The predicted octanol–water partition coefficient (Wildman–Crippen LogP) is 6.52. The normalized spacial score (nSPS) is 12.7. The summed E-state index contributed by atoms with van der Waals surface area (Å²) in [5, 5.41) is 18.8. The Bertz CT molecular complexity index is 1390. The number of carbonyl (C=O) groups excluding carboxylic acids is 1. The van der Waals surface area contributed by atoms with Crippen molar-refractivity contribution in [1.82, 2.24) is 5.32 Å². The van der Waals surface area contributed by atoms with Gasteiger partial charge >= 0.3 is 30.5 Å². The van der Waals surface area contributed by atoms with Crippen LogP contribution in [0.25, 0.3) is 0 Å². The number of amides is 1. The fourth-order valence-corrected chi connectivity index (χ4v) is 4.82. The molecule has 0 radical (unpaired) electrons. The van der Waals surface area contributed by atoms with E-state index in [9.17, 15) is 54.2 Å². The van der Waals surface area contributed by atoms with Crippen molar-refractivity contribution in [2.45, 2.75) is 43.3 Å².